The van der Waals surface area contributed by atoms with Crippen LogP contribution in [0.4, 0.5) is 0 Å². The highest BCUT2D eigenvalue weighted by Gasteiger charge is 2.24. The molecule has 0 aliphatic carbocycles. The third-order valence-corrected chi connectivity index (χ3v) is 4.15. The van der Waals surface area contributed by atoms with Crippen LogP contribution in [0.5, 0.6) is 0 Å². The molecule has 0 spiro atoms. The minimum absolute atomic E-state index is 0.0549. The maximum atomic E-state index is 12.9. The van der Waals surface area contributed by atoms with Gasteiger partial charge in [-0.1, -0.05) is 67.1 Å². The van der Waals surface area contributed by atoms with Crippen molar-refractivity contribution in [3.05, 3.63) is 71.8 Å². The highest BCUT2D eigenvalue weighted by Crippen LogP contribution is 2.25. The van der Waals surface area contributed by atoms with Crippen LogP contribution in [-0.2, 0) is 4.79 Å². The van der Waals surface area contributed by atoms with Gasteiger partial charge in [0.1, 0.15) is 0 Å². The molecule has 1 aliphatic rings. The topological polar surface area (TPSA) is 32.3 Å². The van der Waals surface area contributed by atoms with Gasteiger partial charge in [0.05, 0.1) is 5.92 Å². The third kappa shape index (κ3) is 3.55. The van der Waals surface area contributed by atoms with Gasteiger partial charge in [-0.3, -0.25) is 10.2 Å². The van der Waals surface area contributed by atoms with E-state index in [0.29, 0.717) is 0 Å². The largest absolute Gasteiger partial charge is 0.288 e. The number of hydrazine groups is 1. The maximum Gasteiger partial charge on any atom is 0.246 e. The summed E-state index contributed by atoms with van der Waals surface area (Å²) in [7, 11) is 0. The van der Waals surface area contributed by atoms with Crippen molar-refractivity contribution in [1.82, 2.24) is 10.4 Å². The van der Waals surface area contributed by atoms with Crippen molar-refractivity contribution in [1.29, 1.82) is 0 Å². The average Bonchev–Trinajstić information content (AvgIpc) is 2.58. The first-order chi connectivity index (χ1) is 10.8. The van der Waals surface area contributed by atoms with E-state index in [9.17, 15) is 4.79 Å². The number of benzene rings is 2. The Kier molecular flexibility index (Phi) is 4.86. The lowest BCUT2D eigenvalue weighted by atomic mass is 9.91. The molecule has 3 heteroatoms. The summed E-state index contributed by atoms with van der Waals surface area (Å²) in [5, 5.41) is 2.06. The first-order valence-corrected chi connectivity index (χ1v) is 8.00. The molecular formula is C19H22N2O. The number of carbonyl (C=O) groups is 1. The quantitative estimate of drug-likeness (QED) is 0.938. The van der Waals surface area contributed by atoms with Gasteiger partial charge in [0.2, 0.25) is 5.91 Å². The van der Waals surface area contributed by atoms with Crippen molar-refractivity contribution in [3.63, 3.8) is 0 Å². The molecule has 1 fully saturated rings. The lowest BCUT2D eigenvalue weighted by Gasteiger charge is -2.29. The minimum atomic E-state index is -0.260. The Bertz CT molecular complexity index is 552. The third-order valence-electron chi connectivity index (χ3n) is 4.15. The molecule has 2 aromatic rings. The summed E-state index contributed by atoms with van der Waals surface area (Å²) in [6, 6.07) is 20.0. The van der Waals surface area contributed by atoms with Crippen molar-refractivity contribution in [2.45, 2.75) is 25.2 Å². The second kappa shape index (κ2) is 7.23. The van der Waals surface area contributed by atoms with E-state index >= 15 is 0 Å². The monoisotopic (exact) mass is 294 g/mol. The molecule has 0 atom stereocenters. The van der Waals surface area contributed by atoms with E-state index in [0.717, 1.165) is 37.1 Å². The first kappa shape index (κ1) is 14.8. The molecule has 1 heterocycles. The molecule has 2 aromatic carbocycles. The minimum Gasteiger partial charge on any atom is -0.288 e. The van der Waals surface area contributed by atoms with Gasteiger partial charge in [-0.25, -0.2) is 5.01 Å². The summed E-state index contributed by atoms with van der Waals surface area (Å²) in [4.78, 5) is 12.9. The van der Waals surface area contributed by atoms with Crippen LogP contribution in [0.2, 0.25) is 0 Å². The number of amides is 1. The highest BCUT2D eigenvalue weighted by molar-refractivity contribution is 5.86. The Morgan fingerprint density at radius 2 is 1.32 bits per heavy atom. The van der Waals surface area contributed by atoms with Crippen LogP contribution >= 0.6 is 0 Å². The van der Waals surface area contributed by atoms with Gasteiger partial charge in [0, 0.05) is 13.1 Å². The fraction of sp³-hybridized carbons (Fsp3) is 0.316. The van der Waals surface area contributed by atoms with Gasteiger partial charge in [-0.15, -0.1) is 0 Å². The van der Waals surface area contributed by atoms with Gasteiger partial charge in [-0.05, 0) is 24.0 Å². The lowest BCUT2D eigenvalue weighted by molar-refractivity contribution is -0.127. The molecule has 1 N–H and O–H groups in total. The number of hydrogen-bond acceptors (Lipinski definition) is 2. The van der Waals surface area contributed by atoms with Crippen LogP contribution in [0.15, 0.2) is 60.7 Å². The standard InChI is InChI=1S/C19H22N2O/c22-19(20-21-14-8-3-9-15-21)18(16-10-4-1-5-11-16)17-12-6-2-7-13-17/h1-2,4-7,10-13,18H,3,8-9,14-15H2,(H,20,22). The summed E-state index contributed by atoms with van der Waals surface area (Å²) in [6.07, 6.45) is 3.57. The molecule has 0 aromatic heterocycles. The van der Waals surface area contributed by atoms with Crippen molar-refractivity contribution < 1.29 is 4.79 Å². The Morgan fingerprint density at radius 1 is 0.818 bits per heavy atom. The molecular weight excluding hydrogens is 272 g/mol. The molecule has 0 unspecified atom stereocenters. The predicted octanol–water partition coefficient (Wildman–Crippen LogP) is 3.34. The Balaban J connectivity index is 1.83. The van der Waals surface area contributed by atoms with E-state index in [1.165, 1.54) is 6.42 Å². The summed E-state index contributed by atoms with van der Waals surface area (Å²) in [5.41, 5.74) is 5.17. The van der Waals surface area contributed by atoms with E-state index in [2.05, 4.69) is 10.4 Å². The van der Waals surface area contributed by atoms with Gasteiger partial charge >= 0.3 is 0 Å². The summed E-state index contributed by atoms with van der Waals surface area (Å²) in [6.45, 7) is 1.89. The molecule has 1 aliphatic heterocycles. The number of nitrogens with one attached hydrogen (secondary N) is 1. The summed E-state index contributed by atoms with van der Waals surface area (Å²) < 4.78 is 0. The number of nitrogens with zero attached hydrogens (tertiary/aromatic N) is 1. The molecule has 0 saturated carbocycles. The second-order valence-electron chi connectivity index (χ2n) is 5.78. The second-order valence-corrected chi connectivity index (χ2v) is 5.78. The van der Waals surface area contributed by atoms with Crippen LogP contribution in [0, 0.1) is 0 Å². The van der Waals surface area contributed by atoms with Gasteiger partial charge in [0.15, 0.2) is 0 Å². The molecule has 0 radical (unpaired) electrons. The van der Waals surface area contributed by atoms with E-state index in [1.54, 1.807) is 0 Å². The maximum absolute atomic E-state index is 12.9. The van der Waals surface area contributed by atoms with Crippen LogP contribution < -0.4 is 5.43 Å². The van der Waals surface area contributed by atoms with E-state index in [1.807, 2.05) is 60.7 Å². The van der Waals surface area contributed by atoms with Crippen molar-refractivity contribution in [3.8, 4) is 0 Å². The zero-order valence-corrected chi connectivity index (χ0v) is 12.7. The molecule has 0 bridgehead atoms. The summed E-state index contributed by atoms with van der Waals surface area (Å²) in [5.74, 6) is -0.205. The summed E-state index contributed by atoms with van der Waals surface area (Å²) >= 11 is 0. The van der Waals surface area contributed by atoms with Crippen molar-refractivity contribution in [2.24, 2.45) is 0 Å². The normalized spacial score (nSPS) is 15.7. The fourth-order valence-corrected chi connectivity index (χ4v) is 3.01. The Labute approximate surface area is 131 Å². The lowest BCUT2D eigenvalue weighted by Crippen LogP contribution is -2.47. The van der Waals surface area contributed by atoms with Crippen LogP contribution in [0.25, 0.3) is 0 Å². The molecule has 1 amide bonds. The number of carbonyl (C=O) groups excluding carboxylic acids is 1. The predicted molar refractivity (Wildman–Crippen MR) is 88.3 cm³/mol. The number of piperidine rings is 1. The molecule has 114 valence electrons. The SMILES string of the molecule is O=C(NN1CCCCC1)C(c1ccccc1)c1ccccc1. The highest BCUT2D eigenvalue weighted by atomic mass is 16.2. The zero-order valence-electron chi connectivity index (χ0n) is 12.7. The molecule has 3 rings (SSSR count). The molecule has 1 saturated heterocycles. The first-order valence-electron chi connectivity index (χ1n) is 8.00. The van der Waals surface area contributed by atoms with Gasteiger partial charge in [0.25, 0.3) is 0 Å². The zero-order chi connectivity index (χ0) is 15.2. The van der Waals surface area contributed by atoms with Crippen LogP contribution in [-0.4, -0.2) is 24.0 Å². The van der Waals surface area contributed by atoms with Crippen molar-refractivity contribution >= 4 is 5.91 Å². The number of hydrogen-bond donors (Lipinski definition) is 1. The number of rotatable bonds is 4. The molecule has 22 heavy (non-hydrogen) atoms. The smallest absolute Gasteiger partial charge is 0.246 e. The van der Waals surface area contributed by atoms with Crippen LogP contribution in [0.1, 0.15) is 36.3 Å². The Morgan fingerprint density at radius 3 is 1.82 bits per heavy atom. The average molecular weight is 294 g/mol. The van der Waals surface area contributed by atoms with Crippen LogP contribution in [0.3, 0.4) is 0 Å². The van der Waals surface area contributed by atoms with Crippen molar-refractivity contribution in [2.75, 3.05) is 13.1 Å². The van der Waals surface area contributed by atoms with Gasteiger partial charge < -0.3 is 0 Å². The van der Waals surface area contributed by atoms with E-state index in [-0.39, 0.29) is 11.8 Å². The van der Waals surface area contributed by atoms with Gasteiger partial charge in [-0.2, -0.15) is 0 Å². The van der Waals surface area contributed by atoms with E-state index < -0.39 is 0 Å². The fourth-order valence-electron chi connectivity index (χ4n) is 3.01. The molecule has 3 nitrogen and oxygen atoms in total. The van der Waals surface area contributed by atoms with E-state index in [4.69, 9.17) is 0 Å². The Hall–Kier alpha value is -2.13.